The van der Waals surface area contributed by atoms with E-state index >= 15 is 0 Å². The van der Waals surface area contributed by atoms with Crippen molar-refractivity contribution >= 4 is 5.96 Å². The van der Waals surface area contributed by atoms with E-state index in [2.05, 4.69) is 41.4 Å². The average molecular weight is 316 g/mol. The normalized spacial score (nSPS) is 12.2. The molecule has 0 spiro atoms. The highest BCUT2D eigenvalue weighted by molar-refractivity contribution is 5.79. The molecule has 0 aliphatic heterocycles. The van der Waals surface area contributed by atoms with Gasteiger partial charge in [-0.3, -0.25) is 4.99 Å². The maximum absolute atomic E-state index is 5.41. The van der Waals surface area contributed by atoms with E-state index in [1.54, 1.807) is 14.2 Å². The number of methoxy groups -OCH3 is 1. The Morgan fingerprint density at radius 3 is 2.32 bits per heavy atom. The maximum atomic E-state index is 5.41. The van der Waals surface area contributed by atoms with Gasteiger partial charge in [-0.05, 0) is 46.7 Å². The molecule has 2 N–H and O–H groups in total. The average Bonchev–Trinajstić information content (AvgIpc) is 2.51. The molecular formula is C16H36N4O2. The van der Waals surface area contributed by atoms with Crippen molar-refractivity contribution in [2.45, 2.75) is 39.2 Å². The molecule has 0 unspecified atom stereocenters. The van der Waals surface area contributed by atoms with Crippen molar-refractivity contribution in [1.29, 1.82) is 0 Å². The summed E-state index contributed by atoms with van der Waals surface area (Å²) in [5, 5.41) is 6.64. The highest BCUT2D eigenvalue weighted by Gasteiger charge is 2.02. The monoisotopic (exact) mass is 316 g/mol. The van der Waals surface area contributed by atoms with Crippen LogP contribution in [0.1, 0.15) is 33.1 Å². The van der Waals surface area contributed by atoms with Crippen molar-refractivity contribution in [1.82, 2.24) is 15.5 Å². The van der Waals surface area contributed by atoms with Crippen LogP contribution in [0.15, 0.2) is 4.99 Å². The molecule has 0 heterocycles. The van der Waals surface area contributed by atoms with Crippen molar-refractivity contribution in [2.75, 3.05) is 60.7 Å². The van der Waals surface area contributed by atoms with E-state index < -0.39 is 0 Å². The zero-order valence-corrected chi connectivity index (χ0v) is 15.2. The fraction of sp³-hybridized carbons (Fsp3) is 0.938. The van der Waals surface area contributed by atoms with Crippen LogP contribution in [0.3, 0.4) is 0 Å². The summed E-state index contributed by atoms with van der Waals surface area (Å²) in [7, 11) is 5.66. The second-order valence-corrected chi connectivity index (χ2v) is 5.67. The lowest BCUT2D eigenvalue weighted by Gasteiger charge is -2.20. The zero-order chi connectivity index (χ0) is 16.6. The fourth-order valence-corrected chi connectivity index (χ4v) is 1.80. The van der Waals surface area contributed by atoms with Gasteiger partial charge in [-0.2, -0.15) is 0 Å². The largest absolute Gasteiger partial charge is 0.382 e. The van der Waals surface area contributed by atoms with Crippen LogP contribution in [0, 0.1) is 0 Å². The van der Waals surface area contributed by atoms with Crippen molar-refractivity contribution in [3.63, 3.8) is 0 Å². The second kappa shape index (κ2) is 15.1. The highest BCUT2D eigenvalue weighted by atomic mass is 16.5. The molecule has 6 nitrogen and oxygen atoms in total. The molecule has 132 valence electrons. The van der Waals surface area contributed by atoms with Gasteiger partial charge in [-0.15, -0.1) is 0 Å². The molecule has 22 heavy (non-hydrogen) atoms. The van der Waals surface area contributed by atoms with Crippen LogP contribution in [0.2, 0.25) is 0 Å². The quantitative estimate of drug-likeness (QED) is 0.305. The summed E-state index contributed by atoms with van der Waals surface area (Å²) < 4.78 is 10.3. The standard InChI is InChI=1S/C16H36N4O2/c1-15(2)20(4)11-7-6-9-18-16(17-3)19-10-8-12-22-14-13-21-5/h15H,6-14H2,1-5H3,(H2,17,18,19). The van der Waals surface area contributed by atoms with E-state index in [1.807, 2.05) is 0 Å². The summed E-state index contributed by atoms with van der Waals surface area (Å²) >= 11 is 0. The number of ether oxygens (including phenoxy) is 2. The van der Waals surface area contributed by atoms with Gasteiger partial charge in [0.05, 0.1) is 13.2 Å². The van der Waals surface area contributed by atoms with Gasteiger partial charge in [0.1, 0.15) is 0 Å². The summed E-state index contributed by atoms with van der Waals surface area (Å²) in [5.41, 5.74) is 0. The smallest absolute Gasteiger partial charge is 0.190 e. The molecule has 0 fully saturated rings. The number of guanidine groups is 1. The number of unbranched alkanes of at least 4 members (excludes halogenated alkanes) is 1. The topological polar surface area (TPSA) is 58.1 Å². The van der Waals surface area contributed by atoms with Crippen LogP contribution < -0.4 is 10.6 Å². The van der Waals surface area contributed by atoms with Crippen molar-refractivity contribution in [3.8, 4) is 0 Å². The van der Waals surface area contributed by atoms with Crippen molar-refractivity contribution < 1.29 is 9.47 Å². The minimum atomic E-state index is 0.619. The molecule has 0 rings (SSSR count). The molecule has 0 aliphatic rings. The van der Waals surface area contributed by atoms with Gasteiger partial charge < -0.3 is 25.0 Å². The Hall–Kier alpha value is -0.850. The number of nitrogens with zero attached hydrogens (tertiary/aromatic N) is 2. The minimum Gasteiger partial charge on any atom is -0.382 e. The third kappa shape index (κ3) is 12.9. The van der Waals surface area contributed by atoms with Crippen LogP contribution >= 0.6 is 0 Å². The first-order chi connectivity index (χ1) is 10.6. The summed E-state index contributed by atoms with van der Waals surface area (Å²) in [6.07, 6.45) is 3.31. The first-order valence-corrected chi connectivity index (χ1v) is 8.33. The molecule has 0 saturated heterocycles. The second-order valence-electron chi connectivity index (χ2n) is 5.67. The molecule has 0 saturated carbocycles. The lowest BCUT2D eigenvalue weighted by atomic mass is 10.2. The SMILES string of the molecule is CN=C(NCCCCN(C)C(C)C)NCCCOCCOC. The van der Waals surface area contributed by atoms with Gasteiger partial charge in [-0.25, -0.2) is 0 Å². The third-order valence-electron chi connectivity index (χ3n) is 3.52. The van der Waals surface area contributed by atoms with E-state index in [4.69, 9.17) is 9.47 Å². The van der Waals surface area contributed by atoms with Gasteiger partial charge in [0.2, 0.25) is 0 Å². The molecule has 0 bridgehead atoms. The first kappa shape index (κ1) is 21.1. The van der Waals surface area contributed by atoms with Crippen LogP contribution in [0.5, 0.6) is 0 Å². The number of rotatable bonds is 13. The van der Waals surface area contributed by atoms with E-state index in [9.17, 15) is 0 Å². The molecule has 0 atom stereocenters. The lowest BCUT2D eigenvalue weighted by Crippen LogP contribution is -2.38. The Balaban J connectivity index is 3.48. The number of hydrogen-bond donors (Lipinski definition) is 2. The highest BCUT2D eigenvalue weighted by Crippen LogP contribution is 1.97. The summed E-state index contributed by atoms with van der Waals surface area (Å²) in [6, 6.07) is 0.619. The van der Waals surface area contributed by atoms with E-state index in [1.165, 1.54) is 6.42 Å². The van der Waals surface area contributed by atoms with E-state index in [-0.39, 0.29) is 0 Å². The predicted octanol–water partition coefficient (Wildman–Crippen LogP) is 1.32. The number of hydrogen-bond acceptors (Lipinski definition) is 4. The van der Waals surface area contributed by atoms with Gasteiger partial charge >= 0.3 is 0 Å². The Morgan fingerprint density at radius 1 is 1.05 bits per heavy atom. The molecule has 0 aromatic heterocycles. The van der Waals surface area contributed by atoms with Crippen LogP contribution in [0.25, 0.3) is 0 Å². The lowest BCUT2D eigenvalue weighted by molar-refractivity contribution is 0.0698. The summed E-state index contributed by atoms with van der Waals surface area (Å²) in [6.45, 7) is 9.47. The molecule has 0 aromatic carbocycles. The maximum Gasteiger partial charge on any atom is 0.190 e. The Labute approximate surface area is 136 Å². The van der Waals surface area contributed by atoms with Gasteiger partial charge in [0.15, 0.2) is 5.96 Å². The van der Waals surface area contributed by atoms with Gasteiger partial charge in [0, 0.05) is 39.9 Å². The first-order valence-electron chi connectivity index (χ1n) is 8.33. The van der Waals surface area contributed by atoms with E-state index in [0.717, 1.165) is 45.0 Å². The molecular weight excluding hydrogens is 280 g/mol. The van der Waals surface area contributed by atoms with Gasteiger partial charge in [-0.1, -0.05) is 0 Å². The van der Waals surface area contributed by atoms with Gasteiger partial charge in [0.25, 0.3) is 0 Å². The minimum absolute atomic E-state index is 0.619. The van der Waals surface area contributed by atoms with Crippen molar-refractivity contribution in [2.24, 2.45) is 4.99 Å². The summed E-state index contributed by atoms with van der Waals surface area (Å²) in [4.78, 5) is 6.59. The Morgan fingerprint density at radius 2 is 1.73 bits per heavy atom. The van der Waals surface area contributed by atoms with Crippen LogP contribution in [-0.4, -0.2) is 77.6 Å². The molecule has 0 amide bonds. The predicted molar refractivity (Wildman–Crippen MR) is 93.7 cm³/mol. The fourth-order valence-electron chi connectivity index (χ4n) is 1.80. The molecule has 0 aromatic rings. The Kier molecular flexibility index (Phi) is 14.5. The zero-order valence-electron chi connectivity index (χ0n) is 15.2. The van der Waals surface area contributed by atoms with Crippen LogP contribution in [-0.2, 0) is 9.47 Å². The van der Waals surface area contributed by atoms with Crippen molar-refractivity contribution in [3.05, 3.63) is 0 Å². The number of nitrogens with one attached hydrogen (secondary N) is 2. The third-order valence-corrected chi connectivity index (χ3v) is 3.52. The van der Waals surface area contributed by atoms with E-state index in [0.29, 0.717) is 19.3 Å². The summed E-state index contributed by atoms with van der Waals surface area (Å²) in [5.74, 6) is 0.870. The molecule has 0 aliphatic carbocycles. The molecule has 0 radical (unpaired) electrons. The Bertz CT molecular complexity index is 273. The number of aliphatic imine (C=N–C) groups is 1. The van der Waals surface area contributed by atoms with Crippen LogP contribution in [0.4, 0.5) is 0 Å². The molecule has 6 heteroatoms.